The first kappa shape index (κ1) is 16.6. The number of hydrazone groups is 1. The first-order valence-corrected chi connectivity index (χ1v) is 7.13. The zero-order chi connectivity index (χ0) is 16.7. The van der Waals surface area contributed by atoms with E-state index in [1.807, 2.05) is 0 Å². The highest BCUT2D eigenvalue weighted by Crippen LogP contribution is 2.19. The Balaban J connectivity index is 1.97. The van der Waals surface area contributed by atoms with Gasteiger partial charge >= 0.3 is 0 Å². The van der Waals surface area contributed by atoms with E-state index >= 15 is 0 Å². The van der Waals surface area contributed by atoms with Gasteiger partial charge in [-0.3, -0.25) is 4.79 Å². The van der Waals surface area contributed by atoms with Crippen LogP contribution in [0.15, 0.2) is 60.2 Å². The molecule has 5 nitrogen and oxygen atoms in total. The van der Waals surface area contributed by atoms with Crippen LogP contribution >= 0.6 is 11.6 Å². The van der Waals surface area contributed by atoms with E-state index in [0.717, 1.165) is 0 Å². The molecule has 2 aromatic rings. The maximum atomic E-state index is 11.9. The fraction of sp³-hybridized carbons (Fsp3) is 0.0588. The summed E-state index contributed by atoms with van der Waals surface area (Å²) in [5.41, 5.74) is 3.22. The molecule has 118 valence electrons. The minimum absolute atomic E-state index is 0.0242. The third-order valence-electron chi connectivity index (χ3n) is 2.84. The number of phenolic OH excluding ortho intramolecular Hbond substituents is 1. The number of hydrogen-bond acceptors (Lipinski definition) is 4. The molecule has 6 heteroatoms. The average molecular weight is 331 g/mol. The number of carbonyl (C=O) groups excluding carboxylic acids is 1. The Morgan fingerprint density at radius 3 is 2.74 bits per heavy atom. The molecule has 0 saturated heterocycles. The van der Waals surface area contributed by atoms with Gasteiger partial charge in [-0.05, 0) is 42.5 Å². The molecule has 0 bridgehead atoms. The molecule has 0 spiro atoms. The number of hydrogen-bond donors (Lipinski definition) is 2. The van der Waals surface area contributed by atoms with Gasteiger partial charge in [0.1, 0.15) is 18.1 Å². The molecule has 2 rings (SSSR count). The molecular formula is C17H15ClN2O3. The van der Waals surface area contributed by atoms with Crippen LogP contribution in [0.5, 0.6) is 11.5 Å². The van der Waals surface area contributed by atoms with Crippen molar-refractivity contribution < 1.29 is 14.6 Å². The number of ether oxygens (including phenoxy) is 1. The van der Waals surface area contributed by atoms with Crippen LogP contribution in [0, 0.1) is 0 Å². The van der Waals surface area contributed by atoms with E-state index in [2.05, 4.69) is 17.1 Å². The van der Waals surface area contributed by atoms with Gasteiger partial charge in [-0.15, -0.1) is 0 Å². The first-order chi connectivity index (χ1) is 11.1. The lowest BCUT2D eigenvalue weighted by molar-refractivity contribution is 0.0955. The molecule has 23 heavy (non-hydrogen) atoms. The van der Waals surface area contributed by atoms with Crippen molar-refractivity contribution in [2.45, 2.75) is 0 Å². The molecule has 1 amide bonds. The summed E-state index contributed by atoms with van der Waals surface area (Å²) < 4.78 is 5.33. The van der Waals surface area contributed by atoms with E-state index in [1.54, 1.807) is 36.4 Å². The summed E-state index contributed by atoms with van der Waals surface area (Å²) in [7, 11) is 0. The summed E-state index contributed by atoms with van der Waals surface area (Å²) in [6.07, 6.45) is 2.96. The SMILES string of the molecule is C=CCOc1ccc(C(=O)NN=Cc2cc(Cl)ccc2O)cc1. The summed E-state index contributed by atoms with van der Waals surface area (Å²) in [6, 6.07) is 11.2. The zero-order valence-corrected chi connectivity index (χ0v) is 13.0. The average Bonchev–Trinajstić information content (AvgIpc) is 2.56. The highest BCUT2D eigenvalue weighted by atomic mass is 35.5. The van der Waals surface area contributed by atoms with Gasteiger partial charge in [0, 0.05) is 16.1 Å². The Labute approximate surface area is 138 Å². The zero-order valence-electron chi connectivity index (χ0n) is 12.2. The van der Waals surface area contributed by atoms with Gasteiger partial charge < -0.3 is 9.84 Å². The number of nitrogens with zero attached hydrogens (tertiary/aromatic N) is 1. The Morgan fingerprint density at radius 2 is 2.04 bits per heavy atom. The number of aromatic hydroxyl groups is 1. The molecule has 0 heterocycles. The second kappa shape index (κ2) is 8.00. The number of halogens is 1. The Kier molecular flexibility index (Phi) is 5.77. The van der Waals surface area contributed by atoms with Crippen LogP contribution in [0.4, 0.5) is 0 Å². The quantitative estimate of drug-likeness (QED) is 0.484. The number of rotatable bonds is 6. The van der Waals surface area contributed by atoms with Gasteiger partial charge in [0.15, 0.2) is 0 Å². The lowest BCUT2D eigenvalue weighted by atomic mass is 10.2. The molecule has 0 aliphatic heterocycles. The van der Waals surface area contributed by atoms with E-state index in [0.29, 0.717) is 28.5 Å². The van der Waals surface area contributed by atoms with Crippen molar-refractivity contribution in [1.29, 1.82) is 0 Å². The summed E-state index contributed by atoms with van der Waals surface area (Å²) >= 11 is 5.83. The predicted molar refractivity (Wildman–Crippen MR) is 90.3 cm³/mol. The lowest BCUT2D eigenvalue weighted by Gasteiger charge is -2.04. The van der Waals surface area contributed by atoms with Gasteiger partial charge in [0.05, 0.1) is 6.21 Å². The van der Waals surface area contributed by atoms with Crippen molar-refractivity contribution in [2.24, 2.45) is 5.10 Å². The van der Waals surface area contributed by atoms with Crippen molar-refractivity contribution in [3.05, 3.63) is 71.3 Å². The van der Waals surface area contributed by atoms with Crippen molar-refractivity contribution in [1.82, 2.24) is 5.43 Å². The Morgan fingerprint density at radius 1 is 1.30 bits per heavy atom. The topological polar surface area (TPSA) is 70.9 Å². The van der Waals surface area contributed by atoms with E-state index in [1.165, 1.54) is 18.3 Å². The van der Waals surface area contributed by atoms with Gasteiger partial charge in [0.2, 0.25) is 0 Å². The highest BCUT2D eigenvalue weighted by molar-refractivity contribution is 6.30. The molecule has 0 unspecified atom stereocenters. The summed E-state index contributed by atoms with van der Waals surface area (Å²) in [6.45, 7) is 3.96. The molecule has 0 aliphatic carbocycles. The molecule has 2 N–H and O–H groups in total. The fourth-order valence-corrected chi connectivity index (χ4v) is 1.89. The molecule has 0 saturated carbocycles. The van der Waals surface area contributed by atoms with E-state index in [9.17, 15) is 9.90 Å². The lowest BCUT2D eigenvalue weighted by Crippen LogP contribution is -2.17. The second-order valence-corrected chi connectivity index (χ2v) is 4.96. The smallest absolute Gasteiger partial charge is 0.271 e. The number of carbonyl (C=O) groups is 1. The molecule has 0 radical (unpaired) electrons. The maximum Gasteiger partial charge on any atom is 0.271 e. The Hall–Kier alpha value is -2.79. The number of benzene rings is 2. The minimum atomic E-state index is -0.377. The maximum absolute atomic E-state index is 11.9. The normalized spacial score (nSPS) is 10.5. The number of nitrogens with one attached hydrogen (secondary N) is 1. The molecule has 0 aliphatic rings. The van der Waals surface area contributed by atoms with Crippen molar-refractivity contribution in [3.63, 3.8) is 0 Å². The molecule has 0 aromatic heterocycles. The van der Waals surface area contributed by atoms with Crippen LogP contribution in [-0.2, 0) is 0 Å². The van der Waals surface area contributed by atoms with Crippen LogP contribution < -0.4 is 10.2 Å². The van der Waals surface area contributed by atoms with Crippen LogP contribution in [0.3, 0.4) is 0 Å². The number of phenols is 1. The van der Waals surface area contributed by atoms with Gasteiger partial charge in [0.25, 0.3) is 5.91 Å². The van der Waals surface area contributed by atoms with Gasteiger partial charge in [-0.25, -0.2) is 5.43 Å². The third-order valence-corrected chi connectivity index (χ3v) is 3.08. The van der Waals surface area contributed by atoms with Crippen molar-refractivity contribution in [2.75, 3.05) is 6.61 Å². The predicted octanol–water partition coefficient (Wildman–Crippen LogP) is 3.37. The largest absolute Gasteiger partial charge is 0.507 e. The van der Waals surface area contributed by atoms with Crippen LogP contribution in [0.25, 0.3) is 0 Å². The molecule has 0 atom stereocenters. The first-order valence-electron chi connectivity index (χ1n) is 6.76. The van der Waals surface area contributed by atoms with Gasteiger partial charge in [-0.1, -0.05) is 24.3 Å². The fourth-order valence-electron chi connectivity index (χ4n) is 1.71. The summed E-state index contributed by atoms with van der Waals surface area (Å²) in [5.74, 6) is 0.294. The second-order valence-electron chi connectivity index (χ2n) is 4.53. The van der Waals surface area contributed by atoms with Crippen LogP contribution in [0.2, 0.25) is 5.02 Å². The third kappa shape index (κ3) is 4.86. The minimum Gasteiger partial charge on any atom is -0.507 e. The van der Waals surface area contributed by atoms with Crippen molar-refractivity contribution in [3.8, 4) is 11.5 Å². The number of amides is 1. The molecular weight excluding hydrogens is 316 g/mol. The van der Waals surface area contributed by atoms with E-state index < -0.39 is 0 Å². The Bertz CT molecular complexity index is 727. The monoisotopic (exact) mass is 330 g/mol. The molecule has 2 aromatic carbocycles. The van der Waals surface area contributed by atoms with Crippen molar-refractivity contribution >= 4 is 23.7 Å². The molecule has 0 fully saturated rings. The van der Waals surface area contributed by atoms with Crippen LogP contribution in [-0.4, -0.2) is 23.8 Å². The van der Waals surface area contributed by atoms with Crippen LogP contribution in [0.1, 0.15) is 15.9 Å². The summed E-state index contributed by atoms with van der Waals surface area (Å²) in [4.78, 5) is 11.9. The highest BCUT2D eigenvalue weighted by Gasteiger charge is 2.04. The van der Waals surface area contributed by atoms with E-state index in [-0.39, 0.29) is 11.7 Å². The summed E-state index contributed by atoms with van der Waals surface area (Å²) in [5, 5.41) is 13.9. The van der Waals surface area contributed by atoms with E-state index in [4.69, 9.17) is 16.3 Å². The standard InChI is InChI=1S/C17H15ClN2O3/c1-2-9-23-15-6-3-12(4-7-15)17(22)20-19-11-13-10-14(18)5-8-16(13)21/h2-8,10-11,21H,1,9H2,(H,20,22). The van der Waals surface area contributed by atoms with Gasteiger partial charge in [-0.2, -0.15) is 5.10 Å².